The summed E-state index contributed by atoms with van der Waals surface area (Å²) in [6.07, 6.45) is 1.63. The molecule has 3 aliphatic heterocycles. The number of hydrogen-bond donors (Lipinski definition) is 2. The number of nitrogens with zero attached hydrogens (tertiary/aromatic N) is 7. The quantitative estimate of drug-likeness (QED) is 0.286. The molecule has 51 heavy (non-hydrogen) atoms. The molecule has 2 amide bonds. The van der Waals surface area contributed by atoms with Crippen LogP contribution in [0.5, 0.6) is 0 Å². The highest BCUT2D eigenvalue weighted by atomic mass is 35.5. The number of halogens is 4. The highest BCUT2D eigenvalue weighted by molar-refractivity contribution is 6.33. The summed E-state index contributed by atoms with van der Waals surface area (Å²) < 4.78 is 47.8. The number of rotatable bonds is 7. The molecule has 0 radical (unpaired) electrons. The van der Waals surface area contributed by atoms with Crippen molar-refractivity contribution in [3.8, 4) is 0 Å². The molecule has 6 heterocycles. The number of aryl methyl sites for hydroxylation is 1. The molecule has 4 aromatic rings. The number of pyridine rings is 1. The average molecular weight is 726 g/mol. The largest absolute Gasteiger partial charge is 0.416 e. The van der Waals surface area contributed by atoms with Crippen LogP contribution in [0.25, 0.3) is 11.4 Å². The van der Waals surface area contributed by atoms with E-state index in [0.717, 1.165) is 54.4 Å². The van der Waals surface area contributed by atoms with Crippen LogP contribution in [0.2, 0.25) is 5.02 Å². The molecule has 0 bridgehead atoms. The zero-order chi connectivity index (χ0) is 35.9. The molecule has 2 N–H and O–H groups in total. The van der Waals surface area contributed by atoms with Crippen LogP contribution in [0, 0.1) is 0 Å². The van der Waals surface area contributed by atoms with Gasteiger partial charge in [0, 0.05) is 38.9 Å². The van der Waals surface area contributed by atoms with E-state index in [2.05, 4.69) is 25.7 Å². The lowest BCUT2D eigenvalue weighted by Gasteiger charge is -2.37. The number of benzene rings is 1. The first-order valence-electron chi connectivity index (χ1n) is 16.8. The van der Waals surface area contributed by atoms with Crippen LogP contribution in [-0.4, -0.2) is 86.8 Å². The molecule has 268 valence electrons. The first-order valence-corrected chi connectivity index (χ1v) is 17.1. The van der Waals surface area contributed by atoms with Crippen molar-refractivity contribution in [1.29, 1.82) is 0 Å². The van der Waals surface area contributed by atoms with Crippen LogP contribution in [0.3, 0.4) is 0 Å². The lowest BCUT2D eigenvalue weighted by Crippen LogP contribution is -2.51. The van der Waals surface area contributed by atoms with Crippen LogP contribution < -0.4 is 21.1 Å². The maximum Gasteiger partial charge on any atom is 0.416 e. The molecule has 1 fully saturated rings. The van der Waals surface area contributed by atoms with Gasteiger partial charge in [-0.05, 0) is 61.1 Å². The third-order valence-corrected chi connectivity index (χ3v) is 9.64. The van der Waals surface area contributed by atoms with Gasteiger partial charge in [-0.1, -0.05) is 24.6 Å². The molecule has 3 aromatic heterocycles. The van der Waals surface area contributed by atoms with E-state index in [1.54, 1.807) is 15.7 Å². The van der Waals surface area contributed by atoms with E-state index >= 15 is 0 Å². The van der Waals surface area contributed by atoms with Crippen LogP contribution in [0.15, 0.2) is 41.3 Å². The Labute approximate surface area is 295 Å². The number of alkyl halides is 3. The van der Waals surface area contributed by atoms with Gasteiger partial charge in [-0.25, -0.2) is 4.98 Å². The van der Waals surface area contributed by atoms with Crippen molar-refractivity contribution in [2.75, 3.05) is 61.5 Å². The second-order valence-electron chi connectivity index (χ2n) is 12.5. The summed E-state index contributed by atoms with van der Waals surface area (Å²) in [5, 5.41) is 10.2. The number of piperazine rings is 1. The lowest BCUT2D eigenvalue weighted by atomic mass is 10.0. The summed E-state index contributed by atoms with van der Waals surface area (Å²) in [6.45, 7) is 4.44. The van der Waals surface area contributed by atoms with Crippen molar-refractivity contribution in [2.24, 2.45) is 0 Å². The normalized spacial score (nSPS) is 16.5. The molecule has 1 aromatic carbocycles. The molecule has 3 aliphatic rings. The number of anilines is 3. The Morgan fingerprint density at radius 3 is 2.63 bits per heavy atom. The monoisotopic (exact) mass is 725 g/mol. The maximum absolute atomic E-state index is 14.2. The number of nitrogens with one attached hydrogen (secondary N) is 2. The maximum atomic E-state index is 14.2. The summed E-state index contributed by atoms with van der Waals surface area (Å²) in [6, 6.07) is 4.61. The van der Waals surface area contributed by atoms with Gasteiger partial charge in [-0.3, -0.25) is 14.4 Å². The smallest absolute Gasteiger partial charge is 0.383 e. The molecule has 0 atom stereocenters. The fourth-order valence-electron chi connectivity index (χ4n) is 6.77. The fraction of sp³-hybridized carbons (Fsp3) is 0.412. The first-order chi connectivity index (χ1) is 24.5. The van der Waals surface area contributed by atoms with Gasteiger partial charge in [0.15, 0.2) is 11.5 Å². The van der Waals surface area contributed by atoms with Crippen molar-refractivity contribution in [3.05, 3.63) is 80.3 Å². The van der Waals surface area contributed by atoms with E-state index in [9.17, 15) is 27.6 Å². The van der Waals surface area contributed by atoms with Crippen LogP contribution in [0.4, 0.5) is 30.2 Å². The number of fused-ring (bicyclic) bond motifs is 2. The van der Waals surface area contributed by atoms with Crippen molar-refractivity contribution < 1.29 is 27.5 Å². The zero-order valence-electron chi connectivity index (χ0n) is 27.7. The third kappa shape index (κ3) is 6.77. The van der Waals surface area contributed by atoms with Crippen LogP contribution in [0.1, 0.15) is 52.9 Å². The average Bonchev–Trinajstić information content (AvgIpc) is 3.59. The first kappa shape index (κ1) is 34.5. The Morgan fingerprint density at radius 1 is 1.12 bits per heavy atom. The molecule has 17 heteroatoms. The predicted octanol–water partition coefficient (Wildman–Crippen LogP) is 4.28. The minimum Gasteiger partial charge on any atom is -0.383 e. The zero-order valence-corrected chi connectivity index (χ0v) is 28.5. The highest BCUT2D eigenvalue weighted by Gasteiger charge is 2.33. The van der Waals surface area contributed by atoms with E-state index in [-0.39, 0.29) is 28.9 Å². The number of aromatic nitrogens is 5. The van der Waals surface area contributed by atoms with Crippen molar-refractivity contribution >= 4 is 51.8 Å². The second-order valence-corrected chi connectivity index (χ2v) is 12.9. The molecule has 1 saturated heterocycles. The van der Waals surface area contributed by atoms with E-state index in [1.807, 2.05) is 24.0 Å². The van der Waals surface area contributed by atoms with Gasteiger partial charge in [0.1, 0.15) is 12.2 Å². The number of hydrogen-bond acceptors (Lipinski definition) is 9. The number of carbonyl (C=O) groups excluding carboxylic acids is 2. The molecule has 7 rings (SSSR count). The molecule has 0 spiro atoms. The van der Waals surface area contributed by atoms with E-state index in [1.165, 1.54) is 4.52 Å². The Hall–Kier alpha value is -4.96. The summed E-state index contributed by atoms with van der Waals surface area (Å²) in [5.41, 5.74) is 2.51. The molecule has 13 nitrogen and oxygen atoms in total. The van der Waals surface area contributed by atoms with Crippen LogP contribution >= 0.6 is 11.6 Å². The van der Waals surface area contributed by atoms with Gasteiger partial charge in [-0.2, -0.15) is 22.7 Å². The summed E-state index contributed by atoms with van der Waals surface area (Å²) in [5.74, 6) is -0.315. The molecule has 0 unspecified atom stereocenters. The Morgan fingerprint density at radius 2 is 1.92 bits per heavy atom. The predicted molar refractivity (Wildman–Crippen MR) is 184 cm³/mol. The minimum atomic E-state index is -4.60. The van der Waals surface area contributed by atoms with E-state index in [4.69, 9.17) is 16.3 Å². The molecular weight excluding hydrogens is 691 g/mol. The standard InChI is InChI=1S/C34H35ClF3N9O4/c1-2-25-29(44-12-14-45(15-13-44)31(49)28-27-20(7-11-40-28)4-3-10-39-27)32(50)47-33(42-30(43-47)21-8-16-51-17-9-21)46(25)19-26(48)41-24-6-5-22(18-23(24)35)34(36,37)38/h5-8,11,18,39H,2-4,9-10,12-17,19H2,1H3,(H,41,48). The van der Waals surface area contributed by atoms with Gasteiger partial charge in [0.25, 0.3) is 11.5 Å². The van der Waals surface area contributed by atoms with Crippen molar-refractivity contribution in [2.45, 2.75) is 45.3 Å². The lowest BCUT2D eigenvalue weighted by molar-refractivity contribution is -0.137. The molecule has 0 aliphatic carbocycles. The Kier molecular flexibility index (Phi) is 9.46. The van der Waals surface area contributed by atoms with Gasteiger partial charge >= 0.3 is 6.18 Å². The third-order valence-electron chi connectivity index (χ3n) is 9.33. The van der Waals surface area contributed by atoms with Gasteiger partial charge in [0.05, 0.1) is 40.9 Å². The van der Waals surface area contributed by atoms with Crippen molar-refractivity contribution in [1.82, 2.24) is 29.0 Å². The SMILES string of the molecule is CCc1c(N2CCN(C(=O)c3nccc4c3NCCC4)CC2)c(=O)n2nc(C3=CCOCC3)nc2n1CC(=O)Nc1ccc(C(F)(F)F)cc1Cl. The summed E-state index contributed by atoms with van der Waals surface area (Å²) in [4.78, 5) is 54.1. The highest BCUT2D eigenvalue weighted by Crippen LogP contribution is 2.34. The Bertz CT molecular complexity index is 2100. The van der Waals surface area contributed by atoms with E-state index in [0.29, 0.717) is 75.1 Å². The van der Waals surface area contributed by atoms with Gasteiger partial charge in [-0.15, -0.1) is 5.10 Å². The van der Waals surface area contributed by atoms with Gasteiger partial charge in [0.2, 0.25) is 11.7 Å². The summed E-state index contributed by atoms with van der Waals surface area (Å²) >= 11 is 6.13. The minimum absolute atomic E-state index is 0.00434. The van der Waals surface area contributed by atoms with Crippen LogP contribution in [-0.2, 0) is 35.1 Å². The van der Waals surface area contributed by atoms with E-state index < -0.39 is 23.2 Å². The van der Waals surface area contributed by atoms with Gasteiger partial charge < -0.3 is 29.7 Å². The second kappa shape index (κ2) is 14.0. The summed E-state index contributed by atoms with van der Waals surface area (Å²) in [7, 11) is 0. The number of carbonyl (C=O) groups is 2. The number of amides is 2. The molecule has 0 saturated carbocycles. The topological polar surface area (TPSA) is 139 Å². The van der Waals surface area contributed by atoms with Crippen molar-refractivity contribution in [3.63, 3.8) is 0 Å². The Balaban J connectivity index is 1.21. The number of ether oxygens (including phenoxy) is 1. The molecular formula is C34H35ClF3N9O4. The fourth-order valence-corrected chi connectivity index (χ4v) is 6.99.